The summed E-state index contributed by atoms with van der Waals surface area (Å²) in [6.07, 6.45) is 0. The number of hydrogen-bond acceptors (Lipinski definition) is 2. The van der Waals surface area contributed by atoms with E-state index in [1.54, 1.807) is 0 Å². The van der Waals surface area contributed by atoms with Crippen LogP contribution in [0.1, 0.15) is 24.1 Å². The highest BCUT2D eigenvalue weighted by Crippen LogP contribution is 2.39. The van der Waals surface area contributed by atoms with Gasteiger partial charge in [-0.2, -0.15) is 11.8 Å². The van der Waals surface area contributed by atoms with Gasteiger partial charge in [-0.1, -0.05) is 34.5 Å². The van der Waals surface area contributed by atoms with Crippen LogP contribution in [0, 0.1) is 5.92 Å². The molecule has 1 nitrogen and oxygen atoms in total. The fourth-order valence-corrected chi connectivity index (χ4v) is 4.43. The van der Waals surface area contributed by atoms with Crippen LogP contribution < -0.4 is 5.32 Å². The minimum atomic E-state index is 0.403. The van der Waals surface area contributed by atoms with Gasteiger partial charge in [0.15, 0.2) is 0 Å². The molecule has 2 unspecified atom stereocenters. The third-order valence-electron chi connectivity index (χ3n) is 3.04. The molecule has 2 atom stereocenters. The first-order valence-corrected chi connectivity index (χ1v) is 7.69. The number of thioether (sulfide) groups is 1. The Hall–Kier alpha value is 0.300. The van der Waals surface area contributed by atoms with Crippen LogP contribution in [0.5, 0.6) is 0 Å². The van der Waals surface area contributed by atoms with Crippen molar-refractivity contribution in [3.05, 3.63) is 32.8 Å². The summed E-state index contributed by atoms with van der Waals surface area (Å²) in [7, 11) is 2.02. The summed E-state index contributed by atoms with van der Waals surface area (Å²) in [5.41, 5.74) is 2.64. The van der Waals surface area contributed by atoms with Crippen LogP contribution in [-0.2, 0) is 5.75 Å². The zero-order valence-corrected chi connectivity index (χ0v) is 12.5. The predicted molar refractivity (Wildman–Crippen MR) is 76.3 cm³/mol. The van der Waals surface area contributed by atoms with Crippen LogP contribution in [0.3, 0.4) is 0 Å². The van der Waals surface area contributed by atoms with Gasteiger partial charge in [-0.25, -0.2) is 0 Å². The lowest BCUT2D eigenvalue weighted by atomic mass is 9.93. The van der Waals surface area contributed by atoms with E-state index in [2.05, 4.69) is 34.2 Å². The predicted octanol–water partition coefficient (Wildman–Crippen LogP) is 4.25. The minimum absolute atomic E-state index is 0.403. The van der Waals surface area contributed by atoms with Gasteiger partial charge in [-0.3, -0.25) is 0 Å². The molecule has 0 amide bonds. The van der Waals surface area contributed by atoms with Crippen LogP contribution in [-0.4, -0.2) is 12.8 Å². The molecule has 1 N–H and O–H groups in total. The van der Waals surface area contributed by atoms with E-state index in [0.29, 0.717) is 12.0 Å². The first-order valence-electron chi connectivity index (χ1n) is 5.36. The average molecular weight is 321 g/mol. The summed E-state index contributed by atoms with van der Waals surface area (Å²) in [6.45, 7) is 2.29. The third-order valence-corrected chi connectivity index (χ3v) is 5.09. The SMILES string of the molecule is CNC1c2cc(Br)cc(Cl)c2CSCC1C. The molecule has 88 valence electrons. The second kappa shape index (κ2) is 5.30. The fourth-order valence-electron chi connectivity index (χ4n) is 2.24. The Morgan fingerprint density at radius 1 is 1.50 bits per heavy atom. The van der Waals surface area contributed by atoms with Crippen LogP contribution >= 0.6 is 39.3 Å². The van der Waals surface area contributed by atoms with E-state index in [9.17, 15) is 0 Å². The molecule has 1 aliphatic heterocycles. The molecule has 16 heavy (non-hydrogen) atoms. The second-order valence-electron chi connectivity index (χ2n) is 4.21. The molecule has 2 rings (SSSR count). The Morgan fingerprint density at radius 2 is 2.25 bits per heavy atom. The number of fused-ring (bicyclic) bond motifs is 1. The van der Waals surface area contributed by atoms with E-state index >= 15 is 0 Å². The molecule has 0 saturated heterocycles. The first kappa shape index (κ1) is 12.7. The van der Waals surface area contributed by atoms with Crippen LogP contribution in [0.2, 0.25) is 5.02 Å². The molecule has 0 aliphatic carbocycles. The Bertz CT molecular complexity index is 397. The van der Waals surface area contributed by atoms with Crippen molar-refractivity contribution in [1.29, 1.82) is 0 Å². The van der Waals surface area contributed by atoms with Gasteiger partial charge in [0, 0.05) is 21.3 Å². The zero-order valence-electron chi connectivity index (χ0n) is 9.39. The minimum Gasteiger partial charge on any atom is -0.313 e. The van der Waals surface area contributed by atoms with Crippen molar-refractivity contribution in [2.75, 3.05) is 12.8 Å². The van der Waals surface area contributed by atoms with Gasteiger partial charge in [-0.05, 0) is 42.0 Å². The van der Waals surface area contributed by atoms with Gasteiger partial charge in [0.05, 0.1) is 0 Å². The van der Waals surface area contributed by atoms with Crippen LogP contribution in [0.4, 0.5) is 0 Å². The Labute approximate surface area is 114 Å². The van der Waals surface area contributed by atoms with Gasteiger partial charge in [0.2, 0.25) is 0 Å². The van der Waals surface area contributed by atoms with Crippen molar-refractivity contribution < 1.29 is 0 Å². The van der Waals surface area contributed by atoms with E-state index in [1.165, 1.54) is 16.9 Å². The van der Waals surface area contributed by atoms with Gasteiger partial charge >= 0.3 is 0 Å². The molecule has 0 aromatic heterocycles. The molecule has 4 heteroatoms. The van der Waals surface area contributed by atoms with E-state index < -0.39 is 0 Å². The molecule has 1 heterocycles. The molecule has 0 saturated carbocycles. The van der Waals surface area contributed by atoms with Crippen molar-refractivity contribution >= 4 is 39.3 Å². The monoisotopic (exact) mass is 319 g/mol. The van der Waals surface area contributed by atoms with Gasteiger partial charge in [-0.15, -0.1) is 0 Å². The number of hydrogen-bond donors (Lipinski definition) is 1. The molecule has 0 radical (unpaired) electrons. The van der Waals surface area contributed by atoms with Crippen molar-refractivity contribution in [2.24, 2.45) is 5.92 Å². The summed E-state index contributed by atoms with van der Waals surface area (Å²) in [6, 6.07) is 4.59. The molecule has 1 aromatic rings. The van der Waals surface area contributed by atoms with Crippen molar-refractivity contribution in [1.82, 2.24) is 5.32 Å². The lowest BCUT2D eigenvalue weighted by Gasteiger charge is -2.23. The zero-order chi connectivity index (χ0) is 11.7. The summed E-state index contributed by atoms with van der Waals surface area (Å²) in [5, 5.41) is 4.29. The highest BCUT2D eigenvalue weighted by Gasteiger charge is 2.25. The highest BCUT2D eigenvalue weighted by molar-refractivity contribution is 9.10. The maximum absolute atomic E-state index is 6.32. The smallest absolute Gasteiger partial charge is 0.0460 e. The van der Waals surface area contributed by atoms with E-state index in [4.69, 9.17) is 11.6 Å². The number of halogens is 2. The maximum atomic E-state index is 6.32. The second-order valence-corrected chi connectivity index (χ2v) is 6.57. The van der Waals surface area contributed by atoms with E-state index in [-0.39, 0.29) is 0 Å². The van der Waals surface area contributed by atoms with Gasteiger partial charge in [0.25, 0.3) is 0 Å². The normalized spacial score (nSPS) is 25.0. The first-order chi connectivity index (χ1) is 7.63. The maximum Gasteiger partial charge on any atom is 0.0460 e. The molecule has 1 aromatic carbocycles. The highest BCUT2D eigenvalue weighted by atomic mass is 79.9. The Kier molecular flexibility index (Phi) is 4.22. The number of nitrogens with one attached hydrogen (secondary N) is 1. The molecule has 0 fully saturated rings. The lowest BCUT2D eigenvalue weighted by Crippen LogP contribution is -2.24. The molecular weight excluding hydrogens is 306 g/mol. The molecule has 1 aliphatic rings. The molecule has 0 spiro atoms. The van der Waals surface area contributed by atoms with Crippen LogP contribution in [0.15, 0.2) is 16.6 Å². The third kappa shape index (κ3) is 2.42. The number of rotatable bonds is 1. The Morgan fingerprint density at radius 3 is 2.94 bits per heavy atom. The summed E-state index contributed by atoms with van der Waals surface area (Å²) >= 11 is 11.8. The largest absolute Gasteiger partial charge is 0.313 e. The van der Waals surface area contributed by atoms with Crippen LogP contribution in [0.25, 0.3) is 0 Å². The van der Waals surface area contributed by atoms with Gasteiger partial charge < -0.3 is 5.32 Å². The lowest BCUT2D eigenvalue weighted by molar-refractivity contribution is 0.450. The fraction of sp³-hybridized carbons (Fsp3) is 0.500. The van der Waals surface area contributed by atoms with Crippen molar-refractivity contribution in [3.63, 3.8) is 0 Å². The van der Waals surface area contributed by atoms with Gasteiger partial charge in [0.1, 0.15) is 0 Å². The standard InChI is InChI=1S/C12H15BrClNS/c1-7-5-16-6-10-9(12(7)15-2)3-8(13)4-11(10)14/h3-4,7,12,15H,5-6H2,1-2H3. The van der Waals surface area contributed by atoms with E-state index in [0.717, 1.165) is 15.2 Å². The quantitative estimate of drug-likeness (QED) is 0.830. The summed E-state index contributed by atoms with van der Waals surface area (Å²) in [4.78, 5) is 0. The summed E-state index contributed by atoms with van der Waals surface area (Å²) < 4.78 is 1.07. The van der Waals surface area contributed by atoms with E-state index in [1.807, 2.05) is 24.9 Å². The summed E-state index contributed by atoms with van der Waals surface area (Å²) in [5.74, 6) is 2.82. The number of benzene rings is 1. The molecular formula is C12H15BrClNS. The Balaban J connectivity index is 2.53. The topological polar surface area (TPSA) is 12.0 Å². The van der Waals surface area contributed by atoms with Crippen molar-refractivity contribution in [2.45, 2.75) is 18.7 Å². The average Bonchev–Trinajstić information content (AvgIpc) is 2.37. The molecule has 0 bridgehead atoms. The van der Waals surface area contributed by atoms with Crippen molar-refractivity contribution in [3.8, 4) is 0 Å².